The molecule has 4 heteroatoms. The summed E-state index contributed by atoms with van der Waals surface area (Å²) in [7, 11) is 4.04. The van der Waals surface area contributed by atoms with Crippen LogP contribution in [0.4, 0.5) is 11.4 Å². The largest absolute Gasteiger partial charge is 0.378 e. The number of hydrazine groups is 1. The van der Waals surface area contributed by atoms with E-state index >= 15 is 0 Å². The fraction of sp³-hybridized carbons (Fsp3) is 0.308. The first-order valence-electron chi connectivity index (χ1n) is 5.59. The van der Waals surface area contributed by atoms with Gasteiger partial charge in [0.1, 0.15) is 0 Å². The number of nitrogens with two attached hydrogens (primary N) is 1. The zero-order valence-corrected chi connectivity index (χ0v) is 10.7. The molecule has 0 aliphatic heterocycles. The number of nitrogens with zero attached hydrogens (tertiary/aromatic N) is 2. The van der Waals surface area contributed by atoms with Crippen molar-refractivity contribution in [3.05, 3.63) is 29.5 Å². The number of hydrogen-bond acceptors (Lipinski definition) is 4. The molecule has 0 atom stereocenters. The Kier molecular flexibility index (Phi) is 2.90. The van der Waals surface area contributed by atoms with Crippen molar-refractivity contribution in [2.45, 2.75) is 13.8 Å². The zero-order valence-electron chi connectivity index (χ0n) is 10.7. The van der Waals surface area contributed by atoms with Gasteiger partial charge in [0.2, 0.25) is 0 Å². The third-order valence-electron chi connectivity index (χ3n) is 3.12. The van der Waals surface area contributed by atoms with Gasteiger partial charge in [0.15, 0.2) is 0 Å². The van der Waals surface area contributed by atoms with Gasteiger partial charge in [-0.3, -0.25) is 10.8 Å². The maximum absolute atomic E-state index is 5.62. The summed E-state index contributed by atoms with van der Waals surface area (Å²) in [5, 5.41) is 1.06. The van der Waals surface area contributed by atoms with Gasteiger partial charge >= 0.3 is 0 Å². The number of benzene rings is 1. The van der Waals surface area contributed by atoms with Gasteiger partial charge < -0.3 is 10.3 Å². The molecule has 2 rings (SSSR count). The van der Waals surface area contributed by atoms with Crippen LogP contribution in [0.3, 0.4) is 0 Å². The van der Waals surface area contributed by atoms with Gasteiger partial charge in [-0.1, -0.05) is 0 Å². The molecule has 0 bridgehead atoms. The number of nitrogens with one attached hydrogen (secondary N) is 1. The molecular weight excluding hydrogens is 212 g/mol. The molecule has 0 radical (unpaired) electrons. The molecule has 0 spiro atoms. The zero-order chi connectivity index (χ0) is 12.6. The second-order valence-corrected chi connectivity index (χ2v) is 4.44. The number of rotatable bonds is 2. The van der Waals surface area contributed by atoms with Crippen molar-refractivity contribution < 1.29 is 0 Å². The van der Waals surface area contributed by atoms with Gasteiger partial charge in [-0.05, 0) is 37.6 Å². The fourth-order valence-electron chi connectivity index (χ4n) is 1.93. The summed E-state index contributed by atoms with van der Waals surface area (Å²) in [6, 6.07) is 6.19. The molecule has 0 amide bonds. The van der Waals surface area contributed by atoms with E-state index in [0.717, 1.165) is 33.5 Å². The Balaban J connectivity index is 2.79. The minimum Gasteiger partial charge on any atom is -0.378 e. The highest BCUT2D eigenvalue weighted by molar-refractivity contribution is 5.95. The molecule has 0 unspecified atom stereocenters. The van der Waals surface area contributed by atoms with E-state index < -0.39 is 0 Å². The lowest BCUT2D eigenvalue weighted by atomic mass is 10.1. The standard InChI is InChI=1S/C13H18N4/c1-8-9(2)15-12-6-5-10(17(3)4)7-11(12)13(8)16-14/h5-7H,14H2,1-4H3,(H,15,16). The molecule has 90 valence electrons. The maximum Gasteiger partial charge on any atom is 0.0728 e. The van der Waals surface area contributed by atoms with Crippen LogP contribution in [0, 0.1) is 13.8 Å². The summed E-state index contributed by atoms with van der Waals surface area (Å²) in [5.41, 5.74) is 7.94. The quantitative estimate of drug-likeness (QED) is 0.613. The molecule has 17 heavy (non-hydrogen) atoms. The molecule has 0 saturated heterocycles. The first-order valence-corrected chi connectivity index (χ1v) is 5.59. The minimum absolute atomic E-state index is 0.955. The summed E-state index contributed by atoms with van der Waals surface area (Å²) in [6.45, 7) is 4.02. The Morgan fingerprint density at radius 3 is 2.53 bits per heavy atom. The molecular formula is C13H18N4. The second-order valence-electron chi connectivity index (χ2n) is 4.44. The number of aromatic nitrogens is 1. The van der Waals surface area contributed by atoms with Gasteiger partial charge in [-0.15, -0.1) is 0 Å². The van der Waals surface area contributed by atoms with E-state index in [1.54, 1.807) is 0 Å². The van der Waals surface area contributed by atoms with Crippen LogP contribution in [0.15, 0.2) is 18.2 Å². The van der Waals surface area contributed by atoms with E-state index in [2.05, 4.69) is 27.4 Å². The number of hydrogen-bond donors (Lipinski definition) is 2. The topological polar surface area (TPSA) is 54.2 Å². The first kappa shape index (κ1) is 11.7. The van der Waals surface area contributed by atoms with Crippen LogP contribution in [-0.4, -0.2) is 19.1 Å². The number of fused-ring (bicyclic) bond motifs is 1. The number of nitrogen functional groups attached to an aromatic ring is 1. The Morgan fingerprint density at radius 2 is 1.94 bits per heavy atom. The van der Waals surface area contributed by atoms with Crippen LogP contribution in [0.25, 0.3) is 10.9 Å². The molecule has 0 fully saturated rings. The third kappa shape index (κ3) is 1.91. The highest BCUT2D eigenvalue weighted by Gasteiger charge is 2.09. The first-order chi connectivity index (χ1) is 8.04. The van der Waals surface area contributed by atoms with Crippen molar-refractivity contribution in [1.29, 1.82) is 0 Å². The minimum atomic E-state index is 0.955. The predicted octanol–water partition coefficient (Wildman–Crippen LogP) is 2.20. The Morgan fingerprint density at radius 1 is 1.24 bits per heavy atom. The molecule has 2 aromatic rings. The van der Waals surface area contributed by atoms with Crippen molar-refractivity contribution >= 4 is 22.3 Å². The molecule has 0 aliphatic rings. The van der Waals surface area contributed by atoms with Crippen molar-refractivity contribution in [3.8, 4) is 0 Å². The van der Waals surface area contributed by atoms with Crippen molar-refractivity contribution in [3.63, 3.8) is 0 Å². The molecule has 4 nitrogen and oxygen atoms in total. The molecule has 3 N–H and O–H groups in total. The summed E-state index contributed by atoms with van der Waals surface area (Å²) in [6.07, 6.45) is 0. The van der Waals surface area contributed by atoms with Gasteiger partial charge in [0.25, 0.3) is 0 Å². The van der Waals surface area contributed by atoms with Gasteiger partial charge in [-0.2, -0.15) is 0 Å². The second kappa shape index (κ2) is 4.22. The molecule has 0 saturated carbocycles. The molecule has 0 aliphatic carbocycles. The summed E-state index contributed by atoms with van der Waals surface area (Å²) >= 11 is 0. The predicted molar refractivity (Wildman–Crippen MR) is 73.4 cm³/mol. The van der Waals surface area contributed by atoms with Crippen LogP contribution < -0.4 is 16.2 Å². The van der Waals surface area contributed by atoms with Crippen molar-refractivity contribution in [2.75, 3.05) is 24.4 Å². The SMILES string of the molecule is Cc1nc2ccc(N(C)C)cc2c(NN)c1C. The number of pyridine rings is 1. The van der Waals surface area contributed by atoms with Gasteiger partial charge in [-0.25, -0.2) is 0 Å². The third-order valence-corrected chi connectivity index (χ3v) is 3.12. The van der Waals surface area contributed by atoms with Crippen LogP contribution in [0.2, 0.25) is 0 Å². The smallest absolute Gasteiger partial charge is 0.0728 e. The Bertz CT molecular complexity index is 561. The Labute approximate surface area is 101 Å². The van der Waals surface area contributed by atoms with E-state index in [1.165, 1.54) is 0 Å². The molecule has 1 heterocycles. The Hall–Kier alpha value is -1.81. The highest BCUT2D eigenvalue weighted by Crippen LogP contribution is 2.29. The summed E-state index contributed by atoms with van der Waals surface area (Å²) in [5.74, 6) is 5.62. The van der Waals surface area contributed by atoms with Crippen molar-refractivity contribution in [2.24, 2.45) is 5.84 Å². The number of aryl methyl sites for hydroxylation is 1. The van der Waals surface area contributed by atoms with E-state index in [-0.39, 0.29) is 0 Å². The summed E-state index contributed by atoms with van der Waals surface area (Å²) < 4.78 is 0. The summed E-state index contributed by atoms with van der Waals surface area (Å²) in [4.78, 5) is 6.63. The van der Waals surface area contributed by atoms with Crippen molar-refractivity contribution in [1.82, 2.24) is 4.98 Å². The van der Waals surface area contributed by atoms with E-state index in [9.17, 15) is 0 Å². The average Bonchev–Trinajstić information content (AvgIpc) is 2.30. The lowest BCUT2D eigenvalue weighted by Crippen LogP contribution is -2.12. The maximum atomic E-state index is 5.62. The van der Waals surface area contributed by atoms with E-state index in [1.807, 2.05) is 34.0 Å². The van der Waals surface area contributed by atoms with Crippen LogP contribution in [0.5, 0.6) is 0 Å². The van der Waals surface area contributed by atoms with Crippen LogP contribution in [-0.2, 0) is 0 Å². The molecule has 1 aromatic carbocycles. The van der Waals surface area contributed by atoms with Crippen LogP contribution >= 0.6 is 0 Å². The molecule has 1 aromatic heterocycles. The van der Waals surface area contributed by atoms with Gasteiger partial charge in [0, 0.05) is 30.9 Å². The average molecular weight is 230 g/mol. The normalized spacial score (nSPS) is 10.6. The lowest BCUT2D eigenvalue weighted by molar-refractivity contribution is 1.13. The van der Waals surface area contributed by atoms with E-state index in [4.69, 9.17) is 5.84 Å². The fourth-order valence-corrected chi connectivity index (χ4v) is 1.93. The lowest BCUT2D eigenvalue weighted by Gasteiger charge is -2.16. The highest BCUT2D eigenvalue weighted by atomic mass is 15.2. The van der Waals surface area contributed by atoms with Gasteiger partial charge in [0.05, 0.1) is 11.2 Å². The van der Waals surface area contributed by atoms with E-state index in [0.29, 0.717) is 0 Å². The monoisotopic (exact) mass is 230 g/mol. The number of anilines is 2. The van der Waals surface area contributed by atoms with Crippen LogP contribution in [0.1, 0.15) is 11.3 Å².